The van der Waals surface area contributed by atoms with Gasteiger partial charge in [0.15, 0.2) is 9.84 Å². The van der Waals surface area contributed by atoms with Crippen molar-refractivity contribution in [2.75, 3.05) is 25.8 Å². The molecule has 1 N–H and O–H groups in total. The summed E-state index contributed by atoms with van der Waals surface area (Å²) in [4.78, 5) is 24.3. The summed E-state index contributed by atoms with van der Waals surface area (Å²) in [6.07, 6.45) is 1.06. The van der Waals surface area contributed by atoms with Crippen LogP contribution in [0.3, 0.4) is 0 Å². The van der Waals surface area contributed by atoms with E-state index >= 15 is 0 Å². The van der Waals surface area contributed by atoms with Crippen molar-refractivity contribution < 1.29 is 27.5 Å². The molecule has 1 amide bonds. The summed E-state index contributed by atoms with van der Waals surface area (Å²) in [5, 5.41) is 2.58. The number of sulfone groups is 1. The Bertz CT molecular complexity index is 920. The van der Waals surface area contributed by atoms with Crippen molar-refractivity contribution in [3.8, 4) is 5.75 Å². The normalized spacial score (nSPS) is 10.8. The molecule has 0 aliphatic heterocycles. The van der Waals surface area contributed by atoms with Crippen LogP contribution in [0.25, 0.3) is 0 Å². The van der Waals surface area contributed by atoms with E-state index in [1.54, 1.807) is 6.07 Å². The zero-order chi connectivity index (χ0) is 18.6. The second-order valence-corrected chi connectivity index (χ2v) is 7.17. The number of hydrogen-bond acceptors (Lipinski definition) is 6. The number of ether oxygens (including phenoxy) is 2. The molecule has 2 aromatic rings. The molecule has 0 saturated heterocycles. The minimum Gasteiger partial charge on any atom is -0.497 e. The zero-order valence-electron chi connectivity index (χ0n) is 13.9. The number of carbonyl (C=O) groups excluding carboxylic acids is 2. The highest BCUT2D eigenvalue weighted by Gasteiger charge is 2.17. The van der Waals surface area contributed by atoms with Crippen LogP contribution < -0.4 is 10.1 Å². The molecule has 2 rings (SSSR count). The number of rotatable bonds is 5. The number of carbonyl (C=O) groups is 2. The topological polar surface area (TPSA) is 98.8 Å². The van der Waals surface area contributed by atoms with Gasteiger partial charge in [-0.25, -0.2) is 13.2 Å². The average Bonchev–Trinajstić information content (AvgIpc) is 2.60. The Morgan fingerprint density at radius 1 is 1.04 bits per heavy atom. The first-order valence-electron chi connectivity index (χ1n) is 7.14. The van der Waals surface area contributed by atoms with Gasteiger partial charge in [0.2, 0.25) is 0 Å². The van der Waals surface area contributed by atoms with Crippen LogP contribution in [0, 0.1) is 0 Å². The molecule has 8 heteroatoms. The number of esters is 1. The van der Waals surface area contributed by atoms with Crippen molar-refractivity contribution in [2.24, 2.45) is 0 Å². The predicted molar refractivity (Wildman–Crippen MR) is 91.8 cm³/mol. The highest BCUT2D eigenvalue weighted by atomic mass is 32.2. The van der Waals surface area contributed by atoms with Crippen molar-refractivity contribution in [2.45, 2.75) is 4.90 Å². The fourth-order valence-electron chi connectivity index (χ4n) is 2.10. The van der Waals surface area contributed by atoms with Gasteiger partial charge in [-0.15, -0.1) is 0 Å². The lowest BCUT2D eigenvalue weighted by atomic mass is 10.1. The second-order valence-electron chi connectivity index (χ2n) is 5.16. The molecule has 0 unspecified atom stereocenters. The molecule has 0 aliphatic carbocycles. The summed E-state index contributed by atoms with van der Waals surface area (Å²) in [6.45, 7) is 0. The Morgan fingerprint density at radius 2 is 1.76 bits per heavy atom. The molecule has 0 fully saturated rings. The van der Waals surface area contributed by atoms with Gasteiger partial charge in [-0.1, -0.05) is 6.07 Å². The van der Waals surface area contributed by atoms with Crippen molar-refractivity contribution in [3.05, 3.63) is 53.6 Å². The molecule has 0 bridgehead atoms. The molecule has 0 aromatic heterocycles. The standard InChI is InChI=1S/C17H17NO6S/c1-23-12-7-8-15(14(10-12)17(20)24-2)18-16(19)11-5-4-6-13(9-11)25(3,21)22/h4-10H,1-3H3,(H,18,19). The summed E-state index contributed by atoms with van der Waals surface area (Å²) in [5.41, 5.74) is 0.492. The molecule has 0 spiro atoms. The largest absolute Gasteiger partial charge is 0.497 e. The number of benzene rings is 2. The Morgan fingerprint density at radius 3 is 2.36 bits per heavy atom. The molecule has 0 aliphatic rings. The zero-order valence-corrected chi connectivity index (χ0v) is 14.7. The Balaban J connectivity index is 2.37. The van der Waals surface area contributed by atoms with Crippen molar-refractivity contribution in [3.63, 3.8) is 0 Å². The van der Waals surface area contributed by atoms with E-state index < -0.39 is 21.7 Å². The molecule has 132 valence electrons. The minimum atomic E-state index is -3.44. The average molecular weight is 363 g/mol. The lowest BCUT2D eigenvalue weighted by Crippen LogP contribution is -2.16. The highest BCUT2D eigenvalue weighted by molar-refractivity contribution is 7.90. The maximum absolute atomic E-state index is 12.4. The molecule has 25 heavy (non-hydrogen) atoms. The van der Waals surface area contributed by atoms with E-state index in [9.17, 15) is 18.0 Å². The lowest BCUT2D eigenvalue weighted by molar-refractivity contribution is 0.0601. The Kier molecular flexibility index (Phi) is 5.43. The Labute approximate surface area is 145 Å². The van der Waals surface area contributed by atoms with Crippen LogP contribution in [0.15, 0.2) is 47.4 Å². The summed E-state index contributed by atoms with van der Waals surface area (Å²) >= 11 is 0. The first-order valence-corrected chi connectivity index (χ1v) is 9.03. The highest BCUT2D eigenvalue weighted by Crippen LogP contribution is 2.24. The molecular formula is C17H17NO6S. The number of anilines is 1. The fourth-order valence-corrected chi connectivity index (χ4v) is 2.77. The maximum Gasteiger partial charge on any atom is 0.340 e. The van der Waals surface area contributed by atoms with Gasteiger partial charge in [-0.3, -0.25) is 4.79 Å². The first kappa shape index (κ1) is 18.5. The van der Waals surface area contributed by atoms with Crippen LogP contribution in [-0.2, 0) is 14.6 Å². The SMILES string of the molecule is COC(=O)c1cc(OC)ccc1NC(=O)c1cccc(S(C)(=O)=O)c1. The lowest BCUT2D eigenvalue weighted by Gasteiger charge is -2.12. The molecule has 0 heterocycles. The number of amides is 1. The second kappa shape index (κ2) is 7.35. The van der Waals surface area contributed by atoms with E-state index in [0.717, 1.165) is 6.26 Å². The summed E-state index contributed by atoms with van der Waals surface area (Å²) in [7, 11) is -0.762. The van der Waals surface area contributed by atoms with Gasteiger partial charge >= 0.3 is 5.97 Å². The summed E-state index contributed by atoms with van der Waals surface area (Å²) in [6, 6.07) is 10.1. The van der Waals surface area contributed by atoms with Gasteiger partial charge < -0.3 is 14.8 Å². The van der Waals surface area contributed by atoms with Crippen LogP contribution in [0.1, 0.15) is 20.7 Å². The number of methoxy groups -OCH3 is 2. The molecule has 7 nitrogen and oxygen atoms in total. The molecule has 0 radical (unpaired) electrons. The Hall–Kier alpha value is -2.87. The van der Waals surface area contributed by atoms with Crippen molar-refractivity contribution >= 4 is 27.4 Å². The van der Waals surface area contributed by atoms with Gasteiger partial charge in [0.1, 0.15) is 5.75 Å². The van der Waals surface area contributed by atoms with E-state index in [-0.39, 0.29) is 21.7 Å². The smallest absolute Gasteiger partial charge is 0.340 e. The monoisotopic (exact) mass is 363 g/mol. The van der Waals surface area contributed by atoms with Crippen LogP contribution in [0.2, 0.25) is 0 Å². The minimum absolute atomic E-state index is 0.0306. The van der Waals surface area contributed by atoms with Gasteiger partial charge in [0.05, 0.1) is 30.4 Å². The molecule has 2 aromatic carbocycles. The van der Waals surface area contributed by atoms with Gasteiger partial charge in [0.25, 0.3) is 5.91 Å². The third-order valence-electron chi connectivity index (χ3n) is 3.40. The third-order valence-corrected chi connectivity index (χ3v) is 4.51. The molecule has 0 saturated carbocycles. The predicted octanol–water partition coefficient (Wildman–Crippen LogP) is 2.14. The van der Waals surface area contributed by atoms with E-state index in [0.29, 0.717) is 5.75 Å². The van der Waals surface area contributed by atoms with Crippen LogP contribution in [0.4, 0.5) is 5.69 Å². The molecule has 0 atom stereocenters. The quantitative estimate of drug-likeness (QED) is 0.817. The van der Waals surface area contributed by atoms with E-state index in [1.165, 1.54) is 50.6 Å². The van der Waals surface area contributed by atoms with E-state index in [2.05, 4.69) is 5.32 Å². The van der Waals surface area contributed by atoms with Crippen molar-refractivity contribution in [1.82, 2.24) is 0 Å². The third kappa shape index (κ3) is 4.36. The first-order chi connectivity index (χ1) is 11.8. The van der Waals surface area contributed by atoms with Crippen LogP contribution >= 0.6 is 0 Å². The summed E-state index contributed by atoms with van der Waals surface area (Å²) in [5.74, 6) is -0.766. The van der Waals surface area contributed by atoms with Gasteiger partial charge in [0, 0.05) is 11.8 Å². The van der Waals surface area contributed by atoms with Crippen LogP contribution in [0.5, 0.6) is 5.75 Å². The van der Waals surface area contributed by atoms with E-state index in [4.69, 9.17) is 9.47 Å². The molecular weight excluding hydrogens is 346 g/mol. The van der Waals surface area contributed by atoms with Gasteiger partial charge in [-0.2, -0.15) is 0 Å². The van der Waals surface area contributed by atoms with Crippen molar-refractivity contribution in [1.29, 1.82) is 0 Å². The number of nitrogens with one attached hydrogen (secondary N) is 1. The van der Waals surface area contributed by atoms with Crippen LogP contribution in [-0.4, -0.2) is 40.8 Å². The number of hydrogen-bond donors (Lipinski definition) is 1. The van der Waals surface area contributed by atoms with E-state index in [1.807, 2.05) is 0 Å². The van der Waals surface area contributed by atoms with Gasteiger partial charge in [-0.05, 0) is 36.4 Å². The fraction of sp³-hybridized carbons (Fsp3) is 0.176. The summed E-state index contributed by atoms with van der Waals surface area (Å²) < 4.78 is 33.0. The maximum atomic E-state index is 12.4.